The standard InChI is InChI=1S/3C6H10O3/c3*1-3-9-6(8)4-5(2)7/h3*3-4H2,1-2H3. The third-order valence-electron chi connectivity index (χ3n) is 2.10. The van der Waals surface area contributed by atoms with E-state index in [1.807, 2.05) is 0 Å². The molecular formula is C18H30O9. The highest BCUT2D eigenvalue weighted by Gasteiger charge is 2.04. The summed E-state index contributed by atoms with van der Waals surface area (Å²) in [6.45, 7) is 10.2. The molecule has 0 heterocycles. The smallest absolute Gasteiger partial charge is 0.313 e. The van der Waals surface area contributed by atoms with Gasteiger partial charge in [0, 0.05) is 0 Å². The molecule has 0 aliphatic heterocycles. The van der Waals surface area contributed by atoms with Crippen molar-refractivity contribution in [3.63, 3.8) is 0 Å². The van der Waals surface area contributed by atoms with E-state index in [1.165, 1.54) is 20.8 Å². The molecule has 0 amide bonds. The Balaban J connectivity index is -0.000000320. The molecule has 0 aromatic heterocycles. The summed E-state index contributed by atoms with van der Waals surface area (Å²) in [7, 11) is 0. The monoisotopic (exact) mass is 390 g/mol. The second-order valence-electron chi connectivity index (χ2n) is 5.05. The van der Waals surface area contributed by atoms with Crippen molar-refractivity contribution in [3.8, 4) is 0 Å². The third kappa shape index (κ3) is 31.7. The molecule has 0 spiro atoms. The Kier molecular flexibility index (Phi) is 21.3. The molecule has 0 aromatic carbocycles. The number of ketones is 3. The minimum absolute atomic E-state index is 0.103. The van der Waals surface area contributed by atoms with Gasteiger partial charge >= 0.3 is 17.9 Å². The van der Waals surface area contributed by atoms with E-state index < -0.39 is 17.9 Å². The van der Waals surface area contributed by atoms with Gasteiger partial charge in [0.05, 0.1) is 19.8 Å². The Bertz CT molecular complexity index is 424. The number of hydrogen-bond donors (Lipinski definition) is 0. The van der Waals surface area contributed by atoms with Crippen molar-refractivity contribution in [2.24, 2.45) is 0 Å². The maximum Gasteiger partial charge on any atom is 0.313 e. The molecule has 0 radical (unpaired) electrons. The minimum atomic E-state index is -0.440. The topological polar surface area (TPSA) is 130 Å². The number of Topliss-reactive ketones (excluding diaryl/α,β-unsaturated/α-hetero) is 3. The second kappa shape index (κ2) is 19.7. The average molecular weight is 390 g/mol. The predicted molar refractivity (Wildman–Crippen MR) is 95.8 cm³/mol. The lowest BCUT2D eigenvalue weighted by molar-refractivity contribution is -0.146. The van der Waals surface area contributed by atoms with Crippen LogP contribution in [0.1, 0.15) is 60.8 Å². The fraction of sp³-hybridized carbons (Fsp3) is 0.667. The van der Waals surface area contributed by atoms with E-state index >= 15 is 0 Å². The van der Waals surface area contributed by atoms with Crippen molar-refractivity contribution in [2.75, 3.05) is 19.8 Å². The third-order valence-corrected chi connectivity index (χ3v) is 2.10. The highest BCUT2D eigenvalue weighted by molar-refractivity contribution is 5.94. The lowest BCUT2D eigenvalue weighted by atomic mass is 10.3. The number of esters is 3. The molecule has 0 atom stereocenters. The van der Waals surface area contributed by atoms with Crippen LogP contribution in [0, 0.1) is 0 Å². The van der Waals surface area contributed by atoms with Gasteiger partial charge in [0.1, 0.15) is 36.6 Å². The summed E-state index contributed by atoms with van der Waals surface area (Å²) in [5, 5.41) is 0. The zero-order chi connectivity index (χ0) is 21.8. The number of rotatable bonds is 9. The Morgan fingerprint density at radius 2 is 0.667 bits per heavy atom. The molecule has 0 unspecified atom stereocenters. The molecule has 9 heteroatoms. The van der Waals surface area contributed by atoms with Crippen molar-refractivity contribution in [1.29, 1.82) is 0 Å². The lowest BCUT2D eigenvalue weighted by Gasteiger charge is -1.96. The quantitative estimate of drug-likeness (QED) is 0.327. The van der Waals surface area contributed by atoms with Crippen LogP contribution in [0.15, 0.2) is 0 Å². The van der Waals surface area contributed by atoms with Gasteiger partial charge in [0.2, 0.25) is 0 Å². The fourth-order valence-corrected chi connectivity index (χ4v) is 1.25. The number of carbonyl (C=O) groups is 6. The maximum absolute atomic E-state index is 10.4. The zero-order valence-electron chi connectivity index (χ0n) is 16.9. The van der Waals surface area contributed by atoms with Gasteiger partial charge in [-0.3, -0.25) is 28.8 Å². The molecule has 0 fully saturated rings. The van der Waals surface area contributed by atoms with E-state index in [0.717, 1.165) is 0 Å². The molecular weight excluding hydrogens is 360 g/mol. The Morgan fingerprint density at radius 1 is 0.481 bits per heavy atom. The van der Waals surface area contributed by atoms with Gasteiger partial charge in [-0.25, -0.2) is 0 Å². The van der Waals surface area contributed by atoms with E-state index in [4.69, 9.17) is 0 Å². The van der Waals surface area contributed by atoms with Gasteiger partial charge in [-0.15, -0.1) is 0 Å². The van der Waals surface area contributed by atoms with Gasteiger partial charge in [0.15, 0.2) is 0 Å². The minimum Gasteiger partial charge on any atom is -0.466 e. The Morgan fingerprint density at radius 3 is 0.778 bits per heavy atom. The van der Waals surface area contributed by atoms with Crippen LogP contribution in [0.3, 0.4) is 0 Å². The predicted octanol–water partition coefficient (Wildman–Crippen LogP) is 1.59. The van der Waals surface area contributed by atoms with Crippen molar-refractivity contribution in [1.82, 2.24) is 0 Å². The van der Waals surface area contributed by atoms with E-state index in [1.54, 1.807) is 20.8 Å². The maximum atomic E-state index is 10.4. The van der Waals surface area contributed by atoms with E-state index in [2.05, 4.69) is 14.2 Å². The van der Waals surface area contributed by atoms with E-state index in [-0.39, 0.29) is 36.6 Å². The lowest BCUT2D eigenvalue weighted by Crippen LogP contribution is -2.07. The molecule has 9 nitrogen and oxygen atoms in total. The van der Waals surface area contributed by atoms with Crippen LogP contribution in [0.2, 0.25) is 0 Å². The van der Waals surface area contributed by atoms with E-state index in [9.17, 15) is 28.8 Å². The Labute approximate surface area is 159 Å². The average Bonchev–Trinajstić information content (AvgIpc) is 2.46. The van der Waals surface area contributed by atoms with Crippen LogP contribution in [-0.2, 0) is 43.0 Å². The normalized spacial score (nSPS) is 8.67. The second-order valence-corrected chi connectivity index (χ2v) is 5.05. The number of ether oxygens (including phenoxy) is 3. The van der Waals surface area contributed by atoms with Crippen LogP contribution in [0.4, 0.5) is 0 Å². The SMILES string of the molecule is CCOC(=O)CC(C)=O.CCOC(=O)CC(C)=O.CCOC(=O)CC(C)=O. The first-order chi connectivity index (χ1) is 12.5. The first kappa shape index (κ1) is 29.2. The molecule has 0 rings (SSSR count). The highest BCUT2D eigenvalue weighted by atomic mass is 16.5. The molecule has 0 bridgehead atoms. The summed E-state index contributed by atoms with van der Waals surface area (Å²) in [6, 6.07) is 0. The van der Waals surface area contributed by atoms with Crippen LogP contribution in [0.5, 0.6) is 0 Å². The summed E-state index contributed by atoms with van der Waals surface area (Å²) in [5.74, 6) is -1.80. The molecule has 27 heavy (non-hydrogen) atoms. The first-order valence-corrected chi connectivity index (χ1v) is 8.45. The summed E-state index contributed by atoms with van der Waals surface area (Å²) in [6.07, 6.45) is -0.310. The zero-order valence-corrected chi connectivity index (χ0v) is 16.9. The molecule has 0 aliphatic carbocycles. The number of hydrogen-bond acceptors (Lipinski definition) is 9. The van der Waals surface area contributed by atoms with Crippen LogP contribution >= 0.6 is 0 Å². The molecule has 0 aliphatic rings. The summed E-state index contributed by atoms with van der Waals surface area (Å²) in [4.78, 5) is 61.9. The first-order valence-electron chi connectivity index (χ1n) is 8.45. The molecule has 0 saturated carbocycles. The highest BCUT2D eigenvalue weighted by Crippen LogP contribution is 1.87. The largest absolute Gasteiger partial charge is 0.466 e. The van der Waals surface area contributed by atoms with Gasteiger partial charge in [-0.2, -0.15) is 0 Å². The fourth-order valence-electron chi connectivity index (χ4n) is 1.25. The van der Waals surface area contributed by atoms with Crippen molar-refractivity contribution in [2.45, 2.75) is 60.8 Å². The van der Waals surface area contributed by atoms with Crippen LogP contribution < -0.4 is 0 Å². The van der Waals surface area contributed by atoms with E-state index in [0.29, 0.717) is 19.8 Å². The summed E-state index contributed by atoms with van der Waals surface area (Å²) in [5.41, 5.74) is 0. The van der Waals surface area contributed by atoms with Crippen LogP contribution in [0.25, 0.3) is 0 Å². The van der Waals surface area contributed by atoms with Gasteiger partial charge < -0.3 is 14.2 Å². The molecule has 0 N–H and O–H groups in total. The van der Waals surface area contributed by atoms with Crippen LogP contribution in [-0.4, -0.2) is 55.1 Å². The van der Waals surface area contributed by atoms with Gasteiger partial charge in [-0.05, 0) is 41.5 Å². The molecule has 0 aromatic rings. The van der Waals surface area contributed by atoms with Gasteiger partial charge in [-0.1, -0.05) is 0 Å². The van der Waals surface area contributed by atoms with Gasteiger partial charge in [0.25, 0.3) is 0 Å². The number of carbonyl (C=O) groups excluding carboxylic acids is 6. The summed E-state index contributed by atoms with van der Waals surface area (Å²) < 4.78 is 13.5. The molecule has 156 valence electrons. The van der Waals surface area contributed by atoms with Crippen molar-refractivity contribution < 1.29 is 43.0 Å². The summed E-state index contributed by atoms with van der Waals surface area (Å²) >= 11 is 0. The van der Waals surface area contributed by atoms with Crippen molar-refractivity contribution in [3.05, 3.63) is 0 Å². The molecule has 0 saturated heterocycles. The Hall–Kier alpha value is -2.58. The van der Waals surface area contributed by atoms with Crippen molar-refractivity contribution >= 4 is 35.3 Å².